The van der Waals surface area contributed by atoms with Crippen LogP contribution in [0.2, 0.25) is 0 Å². The summed E-state index contributed by atoms with van der Waals surface area (Å²) in [5.41, 5.74) is 3.55. The van der Waals surface area contributed by atoms with Crippen molar-refractivity contribution < 1.29 is 0 Å². The summed E-state index contributed by atoms with van der Waals surface area (Å²) in [6.07, 6.45) is 5.40. The molecule has 5 rings (SSSR count). The molecule has 25 heavy (non-hydrogen) atoms. The molecule has 0 spiro atoms. The van der Waals surface area contributed by atoms with E-state index in [9.17, 15) is 0 Å². The van der Waals surface area contributed by atoms with E-state index < -0.39 is 0 Å². The van der Waals surface area contributed by atoms with Crippen molar-refractivity contribution in [1.29, 1.82) is 0 Å². The highest BCUT2D eigenvalue weighted by molar-refractivity contribution is 5.29. The first-order valence-corrected chi connectivity index (χ1v) is 9.90. The van der Waals surface area contributed by atoms with Gasteiger partial charge in [-0.15, -0.1) is 0 Å². The highest BCUT2D eigenvalue weighted by Crippen LogP contribution is 2.48. The Balaban J connectivity index is 1.06. The molecule has 0 aliphatic heterocycles. The van der Waals surface area contributed by atoms with Crippen LogP contribution in [-0.2, 0) is 0 Å². The van der Waals surface area contributed by atoms with Crippen LogP contribution in [0.5, 0.6) is 0 Å². The Morgan fingerprint density at radius 2 is 1.12 bits per heavy atom. The van der Waals surface area contributed by atoms with Gasteiger partial charge >= 0.3 is 0 Å². The van der Waals surface area contributed by atoms with Crippen molar-refractivity contribution in [1.82, 2.24) is 10.6 Å². The van der Waals surface area contributed by atoms with Crippen molar-refractivity contribution >= 4 is 0 Å². The van der Waals surface area contributed by atoms with Gasteiger partial charge in [-0.25, -0.2) is 0 Å². The maximum atomic E-state index is 3.85. The van der Waals surface area contributed by atoms with Crippen LogP contribution < -0.4 is 10.6 Å². The van der Waals surface area contributed by atoms with E-state index in [1.165, 1.54) is 49.9 Å². The van der Waals surface area contributed by atoms with Crippen LogP contribution in [0, 0.1) is 5.41 Å². The molecular formula is C23H28N2. The average molecular weight is 332 g/mol. The summed E-state index contributed by atoms with van der Waals surface area (Å²) in [5.74, 6) is 1.49. The second-order valence-corrected chi connectivity index (χ2v) is 8.48. The third-order valence-electron chi connectivity index (χ3n) is 6.47. The SMILES string of the molecule is c1ccc(C2C[C@@H]2NCC2(CN[C@@H]3CC3c3ccccc3)CC2)cc1. The lowest BCUT2D eigenvalue weighted by Crippen LogP contribution is -2.35. The third-order valence-corrected chi connectivity index (χ3v) is 6.47. The molecule has 3 fully saturated rings. The minimum atomic E-state index is 0.535. The topological polar surface area (TPSA) is 24.1 Å². The average Bonchev–Trinajstić information content (AvgIpc) is 3.55. The molecule has 3 saturated carbocycles. The van der Waals surface area contributed by atoms with Gasteiger partial charge in [-0.1, -0.05) is 60.7 Å². The van der Waals surface area contributed by atoms with E-state index in [-0.39, 0.29) is 0 Å². The van der Waals surface area contributed by atoms with Crippen LogP contribution in [0.25, 0.3) is 0 Å². The molecule has 130 valence electrons. The van der Waals surface area contributed by atoms with Crippen LogP contribution >= 0.6 is 0 Å². The molecule has 2 heteroatoms. The maximum Gasteiger partial charge on any atom is 0.0143 e. The van der Waals surface area contributed by atoms with Gasteiger partial charge in [-0.3, -0.25) is 0 Å². The lowest BCUT2D eigenvalue weighted by Gasteiger charge is -2.17. The van der Waals surface area contributed by atoms with Crippen molar-refractivity contribution in [3.05, 3.63) is 71.8 Å². The molecule has 2 unspecified atom stereocenters. The predicted molar refractivity (Wildman–Crippen MR) is 103 cm³/mol. The quantitative estimate of drug-likeness (QED) is 0.762. The summed E-state index contributed by atoms with van der Waals surface area (Å²) in [6.45, 7) is 2.38. The van der Waals surface area contributed by atoms with Gasteiger partial charge in [0.25, 0.3) is 0 Å². The molecule has 2 N–H and O–H groups in total. The van der Waals surface area contributed by atoms with E-state index in [4.69, 9.17) is 0 Å². The predicted octanol–water partition coefficient (Wildman–Crippen LogP) is 4.06. The second kappa shape index (κ2) is 6.26. The van der Waals surface area contributed by atoms with Crippen LogP contribution in [0.1, 0.15) is 48.6 Å². The monoisotopic (exact) mass is 332 g/mol. The summed E-state index contributed by atoms with van der Waals surface area (Å²) >= 11 is 0. The van der Waals surface area contributed by atoms with Crippen molar-refractivity contribution in [3.63, 3.8) is 0 Å². The number of nitrogens with one attached hydrogen (secondary N) is 2. The molecular weight excluding hydrogens is 304 g/mol. The van der Waals surface area contributed by atoms with Crippen molar-refractivity contribution in [2.75, 3.05) is 13.1 Å². The number of hydrogen-bond acceptors (Lipinski definition) is 2. The Morgan fingerprint density at radius 3 is 1.52 bits per heavy atom. The molecule has 2 aromatic rings. The number of benzene rings is 2. The zero-order valence-corrected chi connectivity index (χ0v) is 14.8. The summed E-state index contributed by atoms with van der Waals surface area (Å²) < 4.78 is 0. The van der Waals surface area contributed by atoms with Gasteiger partial charge in [0.1, 0.15) is 0 Å². The molecule has 3 aliphatic carbocycles. The summed E-state index contributed by atoms with van der Waals surface area (Å²) in [4.78, 5) is 0. The first kappa shape index (κ1) is 15.6. The van der Waals surface area contributed by atoms with Crippen LogP contribution in [0.4, 0.5) is 0 Å². The van der Waals surface area contributed by atoms with E-state index >= 15 is 0 Å². The van der Waals surface area contributed by atoms with E-state index in [0.29, 0.717) is 17.5 Å². The molecule has 0 amide bonds. The Labute approximate surface area is 151 Å². The fourth-order valence-electron chi connectivity index (χ4n) is 4.27. The van der Waals surface area contributed by atoms with Gasteiger partial charge in [0.15, 0.2) is 0 Å². The fourth-order valence-corrected chi connectivity index (χ4v) is 4.27. The van der Waals surface area contributed by atoms with Gasteiger partial charge < -0.3 is 10.6 Å². The molecule has 2 nitrogen and oxygen atoms in total. The van der Waals surface area contributed by atoms with E-state index in [1.807, 2.05) is 0 Å². The normalized spacial score (nSPS) is 31.5. The van der Waals surface area contributed by atoms with E-state index in [0.717, 1.165) is 11.8 Å². The molecule has 0 heterocycles. The first-order valence-electron chi connectivity index (χ1n) is 9.90. The molecule has 3 aliphatic rings. The highest BCUT2D eigenvalue weighted by Gasteiger charge is 2.47. The number of rotatable bonds is 8. The van der Waals surface area contributed by atoms with Crippen molar-refractivity contribution in [3.8, 4) is 0 Å². The molecule has 0 radical (unpaired) electrons. The fraction of sp³-hybridized carbons (Fsp3) is 0.478. The standard InChI is InChI=1S/C23H28N2/c1-3-7-17(8-4-1)19-13-21(19)24-15-23(11-12-23)16-25-22-14-20(22)18-9-5-2-6-10-18/h1-10,19-22,24-25H,11-16H2/t19?,20?,21-,22+. The highest BCUT2D eigenvalue weighted by atomic mass is 15.0. The largest absolute Gasteiger partial charge is 0.313 e. The van der Waals surface area contributed by atoms with Gasteiger partial charge in [-0.2, -0.15) is 0 Å². The molecule has 0 saturated heterocycles. The van der Waals surface area contributed by atoms with Crippen LogP contribution in [0.3, 0.4) is 0 Å². The minimum absolute atomic E-state index is 0.535. The van der Waals surface area contributed by atoms with E-state index in [2.05, 4.69) is 71.3 Å². The van der Waals surface area contributed by atoms with E-state index in [1.54, 1.807) is 0 Å². The Kier molecular flexibility index (Phi) is 3.91. The zero-order chi connectivity index (χ0) is 16.7. The summed E-state index contributed by atoms with van der Waals surface area (Å²) in [6, 6.07) is 23.4. The Morgan fingerprint density at radius 1 is 0.680 bits per heavy atom. The second-order valence-electron chi connectivity index (χ2n) is 8.48. The zero-order valence-electron chi connectivity index (χ0n) is 14.8. The minimum Gasteiger partial charge on any atom is -0.313 e. The number of hydrogen-bond donors (Lipinski definition) is 2. The Hall–Kier alpha value is -1.64. The van der Waals surface area contributed by atoms with Gasteiger partial charge in [0.05, 0.1) is 0 Å². The summed E-state index contributed by atoms with van der Waals surface area (Å²) in [5, 5.41) is 7.71. The smallest absolute Gasteiger partial charge is 0.0143 e. The molecule has 0 bridgehead atoms. The lowest BCUT2D eigenvalue weighted by molar-refractivity contribution is 0.417. The first-order chi connectivity index (χ1) is 12.3. The summed E-state index contributed by atoms with van der Waals surface area (Å²) in [7, 11) is 0. The van der Waals surface area contributed by atoms with Crippen LogP contribution in [-0.4, -0.2) is 25.2 Å². The van der Waals surface area contributed by atoms with Gasteiger partial charge in [0, 0.05) is 37.0 Å². The van der Waals surface area contributed by atoms with Crippen LogP contribution in [0.15, 0.2) is 60.7 Å². The van der Waals surface area contributed by atoms with Gasteiger partial charge in [0.2, 0.25) is 0 Å². The Bertz CT molecular complexity index is 648. The molecule has 2 aromatic carbocycles. The third kappa shape index (κ3) is 3.51. The lowest BCUT2D eigenvalue weighted by atomic mass is 10.1. The molecule has 4 atom stereocenters. The molecule has 0 aromatic heterocycles. The van der Waals surface area contributed by atoms with Gasteiger partial charge in [-0.05, 0) is 42.2 Å². The van der Waals surface area contributed by atoms with Crippen molar-refractivity contribution in [2.45, 2.75) is 49.6 Å². The maximum absolute atomic E-state index is 3.85. The van der Waals surface area contributed by atoms with Crippen molar-refractivity contribution in [2.24, 2.45) is 5.41 Å².